The first-order valence-electron chi connectivity index (χ1n) is 6.80. The van der Waals surface area contributed by atoms with Crippen molar-refractivity contribution in [1.82, 2.24) is 25.0 Å². The van der Waals surface area contributed by atoms with Gasteiger partial charge in [0.25, 0.3) is 0 Å². The number of fused-ring (bicyclic) bond motifs is 1. The van der Waals surface area contributed by atoms with Crippen LogP contribution in [-0.2, 0) is 19.3 Å². The molecule has 120 valence electrons. The highest BCUT2D eigenvalue weighted by Gasteiger charge is 2.40. The summed E-state index contributed by atoms with van der Waals surface area (Å²) >= 11 is 0. The molecule has 0 radical (unpaired) electrons. The molecule has 0 aliphatic carbocycles. The summed E-state index contributed by atoms with van der Waals surface area (Å²) in [5.41, 5.74) is 0.203. The SMILES string of the molecule is CC1(CN2CCn3c(nnc3C(F)(F)F)C2)CCNC1.Cl. The van der Waals surface area contributed by atoms with Crippen molar-refractivity contribution in [2.24, 2.45) is 5.41 Å². The molecular formula is C12H19ClF3N5. The van der Waals surface area contributed by atoms with Crippen molar-refractivity contribution in [3.8, 4) is 0 Å². The van der Waals surface area contributed by atoms with Gasteiger partial charge in [-0.1, -0.05) is 6.92 Å². The first kappa shape index (κ1) is 16.5. The maximum absolute atomic E-state index is 12.7. The average Bonchev–Trinajstić information content (AvgIpc) is 2.94. The predicted molar refractivity (Wildman–Crippen MR) is 73.1 cm³/mol. The molecule has 3 heterocycles. The molecule has 3 rings (SSSR count). The number of rotatable bonds is 2. The second kappa shape index (κ2) is 5.73. The van der Waals surface area contributed by atoms with Gasteiger partial charge in [0.2, 0.25) is 5.82 Å². The number of hydrogen-bond acceptors (Lipinski definition) is 4. The molecule has 9 heteroatoms. The first-order valence-corrected chi connectivity index (χ1v) is 6.80. The molecule has 0 spiro atoms. The maximum Gasteiger partial charge on any atom is 0.451 e. The van der Waals surface area contributed by atoms with Crippen molar-refractivity contribution in [2.45, 2.75) is 32.6 Å². The van der Waals surface area contributed by atoms with Gasteiger partial charge in [0.1, 0.15) is 5.82 Å². The van der Waals surface area contributed by atoms with Gasteiger partial charge in [-0.25, -0.2) is 0 Å². The van der Waals surface area contributed by atoms with E-state index < -0.39 is 12.0 Å². The third kappa shape index (κ3) is 3.32. The van der Waals surface area contributed by atoms with Crippen molar-refractivity contribution in [1.29, 1.82) is 0 Å². The molecule has 1 saturated heterocycles. The molecule has 1 unspecified atom stereocenters. The monoisotopic (exact) mass is 325 g/mol. The summed E-state index contributed by atoms with van der Waals surface area (Å²) in [4.78, 5) is 2.18. The Hall–Kier alpha value is -0.860. The third-order valence-corrected chi connectivity index (χ3v) is 4.15. The maximum atomic E-state index is 12.7. The molecule has 1 N–H and O–H groups in total. The van der Waals surface area contributed by atoms with E-state index in [2.05, 4.69) is 27.3 Å². The summed E-state index contributed by atoms with van der Waals surface area (Å²) in [6.45, 7) is 6.44. The number of aromatic nitrogens is 3. The second-order valence-electron chi connectivity index (χ2n) is 6.04. The molecule has 5 nitrogen and oxygen atoms in total. The van der Waals surface area contributed by atoms with Crippen LogP contribution in [-0.4, -0.2) is 45.8 Å². The van der Waals surface area contributed by atoms with Gasteiger partial charge in [-0.3, -0.25) is 4.90 Å². The number of hydrogen-bond donors (Lipinski definition) is 1. The lowest BCUT2D eigenvalue weighted by molar-refractivity contribution is -0.148. The fourth-order valence-electron chi connectivity index (χ4n) is 3.10. The number of alkyl halides is 3. The molecule has 0 saturated carbocycles. The topological polar surface area (TPSA) is 46.0 Å². The van der Waals surface area contributed by atoms with Gasteiger partial charge >= 0.3 is 6.18 Å². The van der Waals surface area contributed by atoms with Crippen molar-refractivity contribution in [2.75, 3.05) is 26.2 Å². The quantitative estimate of drug-likeness (QED) is 0.896. The summed E-state index contributed by atoms with van der Waals surface area (Å²) < 4.78 is 39.4. The Balaban J connectivity index is 0.00000161. The highest BCUT2D eigenvalue weighted by Crippen LogP contribution is 2.31. The molecule has 1 aromatic heterocycles. The van der Waals surface area contributed by atoms with Crippen LogP contribution in [0.3, 0.4) is 0 Å². The minimum absolute atomic E-state index is 0. The molecule has 1 aromatic rings. The summed E-state index contributed by atoms with van der Waals surface area (Å²) in [7, 11) is 0. The van der Waals surface area contributed by atoms with Gasteiger partial charge < -0.3 is 9.88 Å². The van der Waals surface area contributed by atoms with E-state index in [4.69, 9.17) is 0 Å². The minimum atomic E-state index is -4.42. The molecule has 0 aromatic carbocycles. The first-order chi connectivity index (χ1) is 9.37. The summed E-state index contributed by atoms with van der Waals surface area (Å²) in [5, 5.41) is 10.3. The molecule has 2 aliphatic heterocycles. The van der Waals surface area contributed by atoms with E-state index in [-0.39, 0.29) is 17.8 Å². The van der Waals surface area contributed by atoms with Crippen LogP contribution in [0.15, 0.2) is 0 Å². The van der Waals surface area contributed by atoms with Gasteiger partial charge in [0.15, 0.2) is 0 Å². The zero-order chi connectivity index (χ0) is 14.4. The lowest BCUT2D eigenvalue weighted by atomic mass is 9.89. The lowest BCUT2D eigenvalue weighted by Crippen LogP contribution is -2.42. The normalized spacial score (nSPS) is 26.5. The fourth-order valence-corrected chi connectivity index (χ4v) is 3.10. The van der Waals surface area contributed by atoms with Gasteiger partial charge in [-0.15, -0.1) is 22.6 Å². The third-order valence-electron chi connectivity index (χ3n) is 4.15. The molecule has 0 amide bonds. The van der Waals surface area contributed by atoms with Crippen LogP contribution < -0.4 is 5.32 Å². The highest BCUT2D eigenvalue weighted by molar-refractivity contribution is 5.85. The molecule has 0 bridgehead atoms. The Bertz CT molecular complexity index is 496. The van der Waals surface area contributed by atoms with Crippen LogP contribution in [0.25, 0.3) is 0 Å². The smallest absolute Gasteiger partial charge is 0.316 e. The van der Waals surface area contributed by atoms with E-state index in [9.17, 15) is 13.2 Å². The lowest BCUT2D eigenvalue weighted by Gasteiger charge is -2.34. The fraction of sp³-hybridized carbons (Fsp3) is 0.833. The van der Waals surface area contributed by atoms with E-state index in [1.807, 2.05) is 0 Å². The zero-order valence-corrected chi connectivity index (χ0v) is 12.6. The Kier molecular flexibility index (Phi) is 4.51. The number of nitrogens with zero attached hydrogens (tertiary/aromatic N) is 4. The largest absolute Gasteiger partial charge is 0.451 e. The Morgan fingerprint density at radius 1 is 1.29 bits per heavy atom. The molecule has 2 aliphatic rings. The van der Waals surface area contributed by atoms with E-state index in [0.29, 0.717) is 25.5 Å². The molecule has 1 fully saturated rings. The van der Waals surface area contributed by atoms with Crippen LogP contribution in [0.4, 0.5) is 13.2 Å². The Morgan fingerprint density at radius 3 is 2.67 bits per heavy atom. The van der Waals surface area contributed by atoms with E-state index in [1.54, 1.807) is 0 Å². The summed E-state index contributed by atoms with van der Waals surface area (Å²) in [6.07, 6.45) is -3.32. The summed E-state index contributed by atoms with van der Waals surface area (Å²) in [6, 6.07) is 0. The molecular weight excluding hydrogens is 307 g/mol. The van der Waals surface area contributed by atoms with Crippen LogP contribution in [0.2, 0.25) is 0 Å². The number of halogens is 4. The van der Waals surface area contributed by atoms with Crippen LogP contribution in [0.5, 0.6) is 0 Å². The standard InChI is InChI=1S/C12H18F3N5.ClH/c1-11(2-3-16-7-11)8-19-4-5-20-9(6-19)17-18-10(20)12(13,14)15;/h16H,2-8H2,1H3;1H. The highest BCUT2D eigenvalue weighted by atomic mass is 35.5. The Labute approximate surface area is 127 Å². The van der Waals surface area contributed by atoms with Gasteiger partial charge in [0, 0.05) is 26.2 Å². The minimum Gasteiger partial charge on any atom is -0.316 e. The van der Waals surface area contributed by atoms with Crippen molar-refractivity contribution in [3.63, 3.8) is 0 Å². The van der Waals surface area contributed by atoms with Gasteiger partial charge in [-0.05, 0) is 18.4 Å². The second-order valence-corrected chi connectivity index (χ2v) is 6.04. The van der Waals surface area contributed by atoms with E-state index in [0.717, 1.165) is 26.1 Å². The molecule has 1 atom stereocenters. The molecule has 21 heavy (non-hydrogen) atoms. The van der Waals surface area contributed by atoms with E-state index in [1.165, 1.54) is 4.57 Å². The van der Waals surface area contributed by atoms with Crippen LogP contribution >= 0.6 is 12.4 Å². The van der Waals surface area contributed by atoms with Crippen molar-refractivity contribution >= 4 is 12.4 Å². The van der Waals surface area contributed by atoms with Gasteiger partial charge in [0.05, 0.1) is 6.54 Å². The van der Waals surface area contributed by atoms with Gasteiger partial charge in [-0.2, -0.15) is 13.2 Å². The predicted octanol–water partition coefficient (Wildman–Crippen LogP) is 1.53. The van der Waals surface area contributed by atoms with E-state index >= 15 is 0 Å². The van der Waals surface area contributed by atoms with Crippen LogP contribution in [0, 0.1) is 5.41 Å². The Morgan fingerprint density at radius 2 is 2.05 bits per heavy atom. The average molecular weight is 326 g/mol. The van der Waals surface area contributed by atoms with Crippen molar-refractivity contribution < 1.29 is 13.2 Å². The van der Waals surface area contributed by atoms with Crippen LogP contribution in [0.1, 0.15) is 25.0 Å². The summed E-state index contributed by atoms with van der Waals surface area (Å²) in [5.74, 6) is -0.459. The van der Waals surface area contributed by atoms with Crippen molar-refractivity contribution in [3.05, 3.63) is 11.6 Å². The zero-order valence-electron chi connectivity index (χ0n) is 11.8. The number of nitrogens with one attached hydrogen (secondary N) is 1.